The quantitative estimate of drug-likeness (QED) is 0.684. The Balaban J connectivity index is 1.57. The number of sulfonamides is 1. The van der Waals surface area contributed by atoms with Gasteiger partial charge < -0.3 is 9.64 Å². The molecule has 2 aromatic rings. The monoisotopic (exact) mass is 458 g/mol. The first-order valence-corrected chi connectivity index (χ1v) is 12.8. The Kier molecular flexibility index (Phi) is 6.22. The van der Waals surface area contributed by atoms with E-state index in [-0.39, 0.29) is 18.5 Å². The third-order valence-electron chi connectivity index (χ3n) is 6.53. The SMILES string of the molecule is COc1ccc(-c2nccc(C3CCCN3C(=O)C3(C)CCCN(S(C)(=O)=O)C3)n2)cc1. The molecule has 0 aliphatic carbocycles. The number of nitrogens with zero attached hydrogens (tertiary/aromatic N) is 4. The molecule has 0 N–H and O–H groups in total. The normalized spacial score (nSPS) is 24.5. The molecule has 1 aromatic carbocycles. The molecule has 2 fully saturated rings. The van der Waals surface area contributed by atoms with E-state index in [0.717, 1.165) is 29.8 Å². The number of benzene rings is 1. The predicted octanol–water partition coefficient (Wildman–Crippen LogP) is 2.88. The van der Waals surface area contributed by atoms with Gasteiger partial charge in [-0.2, -0.15) is 0 Å². The molecule has 2 saturated heterocycles. The molecular formula is C23H30N4O4S. The molecular weight excluding hydrogens is 428 g/mol. The van der Waals surface area contributed by atoms with E-state index in [4.69, 9.17) is 9.72 Å². The van der Waals surface area contributed by atoms with Crippen LogP contribution >= 0.6 is 0 Å². The molecule has 1 amide bonds. The van der Waals surface area contributed by atoms with Crippen LogP contribution in [0.5, 0.6) is 5.75 Å². The number of aromatic nitrogens is 2. The Morgan fingerprint density at radius 1 is 1.16 bits per heavy atom. The van der Waals surface area contributed by atoms with E-state index in [9.17, 15) is 13.2 Å². The molecule has 0 saturated carbocycles. The fourth-order valence-corrected chi connectivity index (χ4v) is 5.73. The number of hydrogen-bond acceptors (Lipinski definition) is 6. The van der Waals surface area contributed by atoms with E-state index in [1.165, 1.54) is 10.6 Å². The molecule has 3 heterocycles. The Hall–Kier alpha value is -2.52. The Morgan fingerprint density at radius 2 is 1.91 bits per heavy atom. The van der Waals surface area contributed by atoms with Gasteiger partial charge in [-0.25, -0.2) is 22.7 Å². The summed E-state index contributed by atoms with van der Waals surface area (Å²) in [6, 6.07) is 9.31. The van der Waals surface area contributed by atoms with Crippen molar-refractivity contribution in [2.45, 2.75) is 38.6 Å². The van der Waals surface area contributed by atoms with Crippen LogP contribution in [0.25, 0.3) is 11.4 Å². The first-order valence-electron chi connectivity index (χ1n) is 10.9. The zero-order chi connectivity index (χ0) is 22.9. The maximum atomic E-state index is 13.7. The molecule has 2 aliphatic heterocycles. The van der Waals surface area contributed by atoms with Crippen molar-refractivity contribution in [1.29, 1.82) is 0 Å². The first kappa shape index (κ1) is 22.7. The van der Waals surface area contributed by atoms with E-state index in [2.05, 4.69) is 4.98 Å². The highest BCUT2D eigenvalue weighted by Crippen LogP contribution is 2.39. The lowest BCUT2D eigenvalue weighted by Crippen LogP contribution is -2.52. The highest BCUT2D eigenvalue weighted by atomic mass is 32.2. The van der Waals surface area contributed by atoms with Crippen molar-refractivity contribution >= 4 is 15.9 Å². The van der Waals surface area contributed by atoms with Gasteiger partial charge in [0.1, 0.15) is 5.75 Å². The van der Waals surface area contributed by atoms with Crippen molar-refractivity contribution in [3.63, 3.8) is 0 Å². The molecule has 32 heavy (non-hydrogen) atoms. The lowest BCUT2D eigenvalue weighted by Gasteiger charge is -2.41. The summed E-state index contributed by atoms with van der Waals surface area (Å²) < 4.78 is 30.8. The topological polar surface area (TPSA) is 92.7 Å². The summed E-state index contributed by atoms with van der Waals surface area (Å²) >= 11 is 0. The number of hydrogen-bond donors (Lipinski definition) is 0. The lowest BCUT2D eigenvalue weighted by molar-refractivity contribution is -0.144. The van der Waals surface area contributed by atoms with Crippen molar-refractivity contribution in [1.82, 2.24) is 19.2 Å². The molecule has 1 aromatic heterocycles. The standard InChI is InChI=1S/C23H30N4O4S/c1-23(12-5-14-26(16-23)32(3,29)30)22(28)27-15-4-6-20(27)19-11-13-24-21(25-19)17-7-9-18(31-2)10-8-17/h7-11,13,20H,4-6,12,14-16H2,1-3H3. The number of carbonyl (C=O) groups is 1. The minimum Gasteiger partial charge on any atom is -0.497 e. The van der Waals surface area contributed by atoms with E-state index in [0.29, 0.717) is 31.8 Å². The Labute approximate surface area is 189 Å². The average molecular weight is 459 g/mol. The highest BCUT2D eigenvalue weighted by molar-refractivity contribution is 7.88. The van der Waals surface area contributed by atoms with Crippen molar-refractivity contribution < 1.29 is 17.9 Å². The first-order chi connectivity index (χ1) is 15.2. The number of carbonyl (C=O) groups excluding carboxylic acids is 1. The molecule has 0 bridgehead atoms. The minimum absolute atomic E-state index is 0.0120. The van der Waals surface area contributed by atoms with Crippen molar-refractivity contribution in [3.8, 4) is 17.1 Å². The molecule has 4 rings (SSSR count). The van der Waals surface area contributed by atoms with Crippen molar-refractivity contribution in [2.24, 2.45) is 5.41 Å². The molecule has 9 heteroatoms. The summed E-state index contributed by atoms with van der Waals surface area (Å²) in [4.78, 5) is 24.7. The Morgan fingerprint density at radius 3 is 2.59 bits per heavy atom. The summed E-state index contributed by atoms with van der Waals surface area (Å²) in [5, 5.41) is 0. The smallest absolute Gasteiger partial charge is 0.230 e. The van der Waals surface area contributed by atoms with E-state index in [1.807, 2.05) is 42.2 Å². The molecule has 2 atom stereocenters. The number of amides is 1. The van der Waals surface area contributed by atoms with E-state index >= 15 is 0 Å². The van der Waals surface area contributed by atoms with Crippen LogP contribution in [-0.4, -0.2) is 66.5 Å². The third kappa shape index (κ3) is 4.49. The fraction of sp³-hybridized carbons (Fsp3) is 0.522. The number of ether oxygens (including phenoxy) is 1. The predicted molar refractivity (Wildman–Crippen MR) is 121 cm³/mol. The summed E-state index contributed by atoms with van der Waals surface area (Å²) in [6.45, 7) is 3.25. The van der Waals surface area contributed by atoms with Gasteiger partial charge >= 0.3 is 0 Å². The van der Waals surface area contributed by atoms with Gasteiger partial charge in [0.15, 0.2) is 5.82 Å². The number of methoxy groups -OCH3 is 1. The van der Waals surface area contributed by atoms with Gasteiger partial charge in [0.2, 0.25) is 15.9 Å². The lowest BCUT2D eigenvalue weighted by atomic mass is 9.81. The van der Waals surface area contributed by atoms with Crippen LogP contribution in [-0.2, 0) is 14.8 Å². The van der Waals surface area contributed by atoms with Crippen molar-refractivity contribution in [3.05, 3.63) is 42.2 Å². The third-order valence-corrected chi connectivity index (χ3v) is 7.78. The summed E-state index contributed by atoms with van der Waals surface area (Å²) in [5.74, 6) is 1.39. The van der Waals surface area contributed by atoms with Crippen LogP contribution in [0.3, 0.4) is 0 Å². The van der Waals surface area contributed by atoms with Gasteiger partial charge in [0, 0.05) is 31.4 Å². The average Bonchev–Trinajstić information content (AvgIpc) is 3.28. The molecule has 2 unspecified atom stereocenters. The molecule has 2 aliphatic rings. The van der Waals surface area contributed by atoms with Crippen LogP contribution in [0.1, 0.15) is 44.3 Å². The van der Waals surface area contributed by atoms with Crippen LogP contribution in [0, 0.1) is 5.41 Å². The number of piperidine rings is 1. The highest BCUT2D eigenvalue weighted by Gasteiger charge is 2.45. The molecule has 8 nitrogen and oxygen atoms in total. The molecule has 172 valence electrons. The summed E-state index contributed by atoms with van der Waals surface area (Å²) in [7, 11) is -1.70. The van der Waals surface area contributed by atoms with Crippen LogP contribution < -0.4 is 4.74 Å². The van der Waals surface area contributed by atoms with Gasteiger partial charge in [0.25, 0.3) is 0 Å². The van der Waals surface area contributed by atoms with Gasteiger partial charge in [-0.3, -0.25) is 4.79 Å². The zero-order valence-electron chi connectivity index (χ0n) is 18.8. The van der Waals surface area contributed by atoms with Crippen LogP contribution in [0.2, 0.25) is 0 Å². The summed E-state index contributed by atoms with van der Waals surface area (Å²) in [5.41, 5.74) is 0.970. The van der Waals surface area contributed by atoms with Crippen molar-refractivity contribution in [2.75, 3.05) is 33.0 Å². The van der Waals surface area contributed by atoms with Gasteiger partial charge in [-0.15, -0.1) is 0 Å². The van der Waals surface area contributed by atoms with Crippen LogP contribution in [0.4, 0.5) is 0 Å². The number of rotatable bonds is 5. The second-order valence-electron chi connectivity index (χ2n) is 8.95. The van der Waals surface area contributed by atoms with Crippen LogP contribution in [0.15, 0.2) is 36.5 Å². The molecule has 0 spiro atoms. The summed E-state index contributed by atoms with van der Waals surface area (Å²) in [6.07, 6.45) is 6.03. The fourth-order valence-electron chi connectivity index (χ4n) is 4.75. The maximum absolute atomic E-state index is 13.7. The maximum Gasteiger partial charge on any atom is 0.230 e. The number of likely N-dealkylation sites (tertiary alicyclic amines) is 1. The minimum atomic E-state index is -3.33. The van der Waals surface area contributed by atoms with Gasteiger partial charge in [0.05, 0.1) is 30.5 Å². The second kappa shape index (κ2) is 8.78. The Bertz CT molecular complexity index is 1090. The zero-order valence-corrected chi connectivity index (χ0v) is 19.6. The van der Waals surface area contributed by atoms with E-state index in [1.54, 1.807) is 13.3 Å². The second-order valence-corrected chi connectivity index (χ2v) is 10.9. The van der Waals surface area contributed by atoms with E-state index < -0.39 is 15.4 Å². The van der Waals surface area contributed by atoms with Gasteiger partial charge in [-0.1, -0.05) is 0 Å². The largest absolute Gasteiger partial charge is 0.497 e. The molecule has 0 radical (unpaired) electrons. The van der Waals surface area contributed by atoms with Gasteiger partial charge in [-0.05, 0) is 62.9 Å².